The summed E-state index contributed by atoms with van der Waals surface area (Å²) in [6.07, 6.45) is 0. The van der Waals surface area contributed by atoms with Crippen molar-refractivity contribution in [2.75, 3.05) is 0 Å². The average molecular weight is 375 g/mol. The SMILES string of the molecule is C[Si](C)(O[Si](C)(C)c1ccc(C(=O)O)cc1)c1ccc(C(=O)O)cc1. The maximum absolute atomic E-state index is 11.0. The summed E-state index contributed by atoms with van der Waals surface area (Å²) >= 11 is 0. The number of carbonyl (C=O) groups is 2. The largest absolute Gasteiger partial charge is 0.478 e. The van der Waals surface area contributed by atoms with Gasteiger partial charge in [0.2, 0.25) is 16.6 Å². The normalized spacial score (nSPS) is 12.0. The van der Waals surface area contributed by atoms with E-state index in [1.54, 1.807) is 24.3 Å². The van der Waals surface area contributed by atoms with E-state index in [9.17, 15) is 9.59 Å². The summed E-state index contributed by atoms with van der Waals surface area (Å²) in [5, 5.41) is 20.1. The fourth-order valence-electron chi connectivity index (χ4n) is 2.78. The van der Waals surface area contributed by atoms with E-state index in [0.29, 0.717) is 0 Å². The molecule has 0 saturated heterocycles. The first-order chi connectivity index (χ1) is 11.5. The second-order valence-corrected chi connectivity index (χ2v) is 14.9. The zero-order chi connectivity index (χ0) is 18.8. The molecule has 0 heterocycles. The van der Waals surface area contributed by atoms with E-state index in [1.807, 2.05) is 24.3 Å². The first-order valence-corrected chi connectivity index (χ1v) is 13.7. The second-order valence-electron chi connectivity index (χ2n) is 6.89. The number of hydrogen-bond acceptors (Lipinski definition) is 3. The highest BCUT2D eigenvalue weighted by Crippen LogP contribution is 2.16. The van der Waals surface area contributed by atoms with Crippen LogP contribution < -0.4 is 10.4 Å². The molecule has 0 spiro atoms. The zero-order valence-corrected chi connectivity index (χ0v) is 16.7. The van der Waals surface area contributed by atoms with Gasteiger partial charge >= 0.3 is 11.9 Å². The van der Waals surface area contributed by atoms with Gasteiger partial charge in [-0.05, 0) is 60.8 Å². The second kappa shape index (κ2) is 6.95. The van der Waals surface area contributed by atoms with Gasteiger partial charge in [0.15, 0.2) is 0 Å². The molecule has 2 N–H and O–H groups in total. The van der Waals surface area contributed by atoms with Crippen molar-refractivity contribution in [1.82, 2.24) is 0 Å². The molecule has 0 aromatic heterocycles. The predicted molar refractivity (Wildman–Crippen MR) is 102 cm³/mol. The highest BCUT2D eigenvalue weighted by atomic mass is 28.4. The van der Waals surface area contributed by atoms with Crippen molar-refractivity contribution >= 4 is 38.9 Å². The molecule has 0 saturated carbocycles. The van der Waals surface area contributed by atoms with Crippen LogP contribution in [0.3, 0.4) is 0 Å². The van der Waals surface area contributed by atoms with Crippen molar-refractivity contribution < 1.29 is 23.9 Å². The Labute approximate surface area is 149 Å². The molecule has 0 radical (unpaired) electrons. The van der Waals surface area contributed by atoms with E-state index in [-0.39, 0.29) is 11.1 Å². The van der Waals surface area contributed by atoms with Crippen molar-refractivity contribution in [2.45, 2.75) is 26.2 Å². The Morgan fingerprint density at radius 3 is 1.20 bits per heavy atom. The van der Waals surface area contributed by atoms with Crippen LogP contribution in [-0.4, -0.2) is 38.8 Å². The molecule has 0 fully saturated rings. The number of aromatic carboxylic acids is 2. The third-order valence-corrected chi connectivity index (χ3v) is 11.7. The van der Waals surface area contributed by atoms with E-state index in [2.05, 4.69) is 26.2 Å². The zero-order valence-electron chi connectivity index (χ0n) is 14.7. The van der Waals surface area contributed by atoms with Gasteiger partial charge in [0.25, 0.3) is 0 Å². The van der Waals surface area contributed by atoms with Gasteiger partial charge in [-0.2, -0.15) is 0 Å². The average Bonchev–Trinajstić information content (AvgIpc) is 2.54. The lowest BCUT2D eigenvalue weighted by Gasteiger charge is -2.34. The summed E-state index contributed by atoms with van der Waals surface area (Å²) in [6.45, 7) is 8.35. The number of carboxylic acid groups (broad SMARTS) is 2. The Kier molecular flexibility index (Phi) is 5.31. The molecule has 0 aliphatic carbocycles. The van der Waals surface area contributed by atoms with Gasteiger partial charge in [0, 0.05) is 0 Å². The van der Waals surface area contributed by atoms with Crippen LogP contribution in [0, 0.1) is 0 Å². The van der Waals surface area contributed by atoms with Crippen molar-refractivity contribution in [3.63, 3.8) is 0 Å². The molecule has 0 aliphatic rings. The van der Waals surface area contributed by atoms with Crippen LogP contribution in [0.2, 0.25) is 26.2 Å². The quantitative estimate of drug-likeness (QED) is 0.760. The van der Waals surface area contributed by atoms with Crippen LogP contribution in [0.4, 0.5) is 0 Å². The lowest BCUT2D eigenvalue weighted by atomic mass is 10.2. The lowest BCUT2D eigenvalue weighted by molar-refractivity contribution is 0.0686. The Bertz CT molecular complexity index is 713. The van der Waals surface area contributed by atoms with Gasteiger partial charge in [-0.3, -0.25) is 0 Å². The van der Waals surface area contributed by atoms with Gasteiger partial charge in [-0.15, -0.1) is 0 Å². The predicted octanol–water partition coefficient (Wildman–Crippen LogP) is 2.62. The number of hydrogen-bond donors (Lipinski definition) is 2. The third kappa shape index (κ3) is 4.44. The number of rotatable bonds is 6. The van der Waals surface area contributed by atoms with Gasteiger partial charge in [0.05, 0.1) is 11.1 Å². The van der Waals surface area contributed by atoms with Crippen molar-refractivity contribution in [2.24, 2.45) is 0 Å². The molecule has 0 bridgehead atoms. The molecule has 25 heavy (non-hydrogen) atoms. The van der Waals surface area contributed by atoms with Crippen molar-refractivity contribution in [3.05, 3.63) is 59.7 Å². The molecular formula is C18H22O5Si2. The monoisotopic (exact) mass is 374 g/mol. The first-order valence-electron chi connectivity index (χ1n) is 7.91. The standard InChI is InChI=1S/C18H22O5Si2/c1-24(2,15-9-5-13(6-10-15)17(19)20)23-25(3,4)16-11-7-14(8-12-16)18(21)22/h5-12H,1-4H3,(H,19,20)(H,21,22). The molecule has 2 rings (SSSR count). The molecule has 0 unspecified atom stereocenters. The van der Waals surface area contributed by atoms with Crippen molar-refractivity contribution in [3.8, 4) is 0 Å². The molecule has 0 amide bonds. The fourth-order valence-corrected chi connectivity index (χ4v) is 10.8. The molecule has 2 aromatic carbocycles. The summed E-state index contributed by atoms with van der Waals surface area (Å²) in [5.41, 5.74) is 0.517. The van der Waals surface area contributed by atoms with E-state index in [4.69, 9.17) is 14.3 Å². The third-order valence-electron chi connectivity index (χ3n) is 4.16. The first kappa shape index (κ1) is 19.1. The smallest absolute Gasteiger partial charge is 0.335 e. The molecule has 2 aromatic rings. The van der Waals surface area contributed by atoms with Crippen LogP contribution in [0.25, 0.3) is 0 Å². The topological polar surface area (TPSA) is 83.8 Å². The molecule has 0 atom stereocenters. The van der Waals surface area contributed by atoms with E-state index < -0.39 is 28.6 Å². The Morgan fingerprint density at radius 2 is 0.960 bits per heavy atom. The Hall–Kier alpha value is -2.23. The van der Waals surface area contributed by atoms with E-state index >= 15 is 0 Å². The van der Waals surface area contributed by atoms with Crippen LogP contribution in [0.5, 0.6) is 0 Å². The van der Waals surface area contributed by atoms with Crippen LogP contribution in [-0.2, 0) is 4.12 Å². The highest BCUT2D eigenvalue weighted by Gasteiger charge is 2.36. The maximum Gasteiger partial charge on any atom is 0.335 e. The highest BCUT2D eigenvalue weighted by molar-refractivity contribution is 6.96. The summed E-state index contributed by atoms with van der Waals surface area (Å²) in [4.78, 5) is 22.0. The van der Waals surface area contributed by atoms with Gasteiger partial charge in [-0.25, -0.2) is 9.59 Å². The fraction of sp³-hybridized carbons (Fsp3) is 0.222. The molecule has 5 nitrogen and oxygen atoms in total. The molecule has 132 valence electrons. The van der Waals surface area contributed by atoms with Crippen molar-refractivity contribution in [1.29, 1.82) is 0 Å². The minimum Gasteiger partial charge on any atom is -0.478 e. The minimum absolute atomic E-state index is 0.259. The van der Waals surface area contributed by atoms with Crippen LogP contribution in [0.1, 0.15) is 20.7 Å². The summed E-state index contributed by atoms with van der Waals surface area (Å²) < 4.78 is 6.58. The van der Waals surface area contributed by atoms with Crippen LogP contribution >= 0.6 is 0 Å². The van der Waals surface area contributed by atoms with E-state index in [0.717, 1.165) is 10.4 Å². The Balaban J connectivity index is 2.24. The Morgan fingerprint density at radius 1 is 0.680 bits per heavy atom. The molecule has 7 heteroatoms. The van der Waals surface area contributed by atoms with Gasteiger partial charge in [0.1, 0.15) is 0 Å². The minimum atomic E-state index is -2.24. The van der Waals surface area contributed by atoms with Crippen LogP contribution in [0.15, 0.2) is 48.5 Å². The molecular weight excluding hydrogens is 352 g/mol. The maximum atomic E-state index is 11.0. The number of benzene rings is 2. The summed E-state index contributed by atoms with van der Waals surface area (Å²) in [6, 6.07) is 13.7. The van der Waals surface area contributed by atoms with Gasteiger partial charge in [-0.1, -0.05) is 24.3 Å². The van der Waals surface area contributed by atoms with Gasteiger partial charge < -0.3 is 14.3 Å². The lowest BCUT2D eigenvalue weighted by Crippen LogP contribution is -2.57. The number of carboxylic acids is 2. The molecule has 0 aliphatic heterocycles. The summed E-state index contributed by atoms with van der Waals surface area (Å²) in [7, 11) is -4.48. The summed E-state index contributed by atoms with van der Waals surface area (Å²) in [5.74, 6) is -1.89. The van der Waals surface area contributed by atoms with E-state index in [1.165, 1.54) is 0 Å².